The van der Waals surface area contributed by atoms with Crippen LogP contribution in [0.5, 0.6) is 5.75 Å². The van der Waals surface area contributed by atoms with Gasteiger partial charge in [0.15, 0.2) is 0 Å². The Morgan fingerprint density at radius 1 is 1.07 bits per heavy atom. The van der Waals surface area contributed by atoms with Crippen LogP contribution >= 0.6 is 11.6 Å². The molecule has 2 aromatic carbocycles. The van der Waals surface area contributed by atoms with Gasteiger partial charge in [0.25, 0.3) is 0 Å². The van der Waals surface area contributed by atoms with Crippen LogP contribution in [-0.4, -0.2) is 34.7 Å². The lowest BCUT2D eigenvalue weighted by Gasteiger charge is -2.20. The Morgan fingerprint density at radius 2 is 1.76 bits per heavy atom. The van der Waals surface area contributed by atoms with E-state index in [1.54, 1.807) is 36.4 Å². The second-order valence-electron chi connectivity index (χ2n) is 7.31. The average molecular weight is 420 g/mol. The maximum absolute atomic E-state index is 11.8. The lowest BCUT2D eigenvalue weighted by molar-refractivity contribution is -0.142. The molecule has 0 amide bonds. The second-order valence-corrected chi connectivity index (χ2v) is 7.74. The number of rotatable bonds is 11. The van der Waals surface area contributed by atoms with Crippen LogP contribution in [0.1, 0.15) is 37.3 Å². The summed E-state index contributed by atoms with van der Waals surface area (Å²) in [5, 5.41) is 22.5. The quantitative estimate of drug-likeness (QED) is 0.505. The normalized spacial score (nSPS) is 13.1. The summed E-state index contributed by atoms with van der Waals surface area (Å²) in [6.07, 6.45) is 0.423. The van der Waals surface area contributed by atoms with Crippen LogP contribution in [0.25, 0.3) is 0 Å². The van der Waals surface area contributed by atoms with E-state index in [9.17, 15) is 19.8 Å². The van der Waals surface area contributed by atoms with Crippen molar-refractivity contribution in [3.8, 4) is 5.75 Å². The molecule has 7 heteroatoms. The van der Waals surface area contributed by atoms with Crippen LogP contribution in [0.15, 0.2) is 48.5 Å². The molecule has 0 aromatic heterocycles. The van der Waals surface area contributed by atoms with Crippen LogP contribution in [0, 0.1) is 5.92 Å². The van der Waals surface area contributed by atoms with Gasteiger partial charge in [-0.1, -0.05) is 49.7 Å². The summed E-state index contributed by atoms with van der Waals surface area (Å²) < 4.78 is 5.77. The standard InChI is InChI=1S/C22H26ClNO5/c1-14(2)10-20(22(27)28)24-12-19(21(25)26)16-4-3-5-18(11-16)29-13-15-6-8-17(23)9-7-15/h3-9,11,14,19-20,24H,10,12-13H2,1-2H3,(H,25,26)(H,27,28). The van der Waals surface area contributed by atoms with E-state index in [1.807, 2.05) is 26.0 Å². The average Bonchev–Trinajstić information content (AvgIpc) is 2.66. The van der Waals surface area contributed by atoms with Crippen molar-refractivity contribution < 1.29 is 24.5 Å². The molecule has 0 fully saturated rings. The number of carbonyl (C=O) groups is 2. The molecule has 2 atom stereocenters. The topological polar surface area (TPSA) is 95.9 Å². The van der Waals surface area contributed by atoms with E-state index in [4.69, 9.17) is 16.3 Å². The van der Waals surface area contributed by atoms with E-state index in [0.29, 0.717) is 29.4 Å². The van der Waals surface area contributed by atoms with E-state index in [1.165, 1.54) is 0 Å². The smallest absolute Gasteiger partial charge is 0.320 e. The summed E-state index contributed by atoms with van der Waals surface area (Å²) in [7, 11) is 0. The van der Waals surface area contributed by atoms with Gasteiger partial charge in [-0.05, 0) is 47.7 Å². The number of halogens is 1. The zero-order chi connectivity index (χ0) is 21.4. The Kier molecular flexibility index (Phi) is 8.49. The zero-order valence-electron chi connectivity index (χ0n) is 16.5. The molecule has 0 aliphatic heterocycles. The molecule has 0 aliphatic rings. The zero-order valence-corrected chi connectivity index (χ0v) is 17.2. The molecule has 2 rings (SSSR count). The highest BCUT2D eigenvalue weighted by Crippen LogP contribution is 2.23. The van der Waals surface area contributed by atoms with Gasteiger partial charge in [-0.2, -0.15) is 0 Å². The number of ether oxygens (including phenoxy) is 1. The van der Waals surface area contributed by atoms with Crippen molar-refractivity contribution in [1.82, 2.24) is 5.32 Å². The Morgan fingerprint density at radius 3 is 2.34 bits per heavy atom. The van der Waals surface area contributed by atoms with Gasteiger partial charge in [-0.15, -0.1) is 0 Å². The van der Waals surface area contributed by atoms with E-state index >= 15 is 0 Å². The third kappa shape index (κ3) is 7.40. The molecule has 2 unspecified atom stereocenters. The number of hydrogen-bond acceptors (Lipinski definition) is 4. The van der Waals surface area contributed by atoms with Crippen molar-refractivity contribution in [2.45, 2.75) is 38.8 Å². The van der Waals surface area contributed by atoms with Gasteiger partial charge in [-0.3, -0.25) is 9.59 Å². The highest BCUT2D eigenvalue weighted by molar-refractivity contribution is 6.30. The van der Waals surface area contributed by atoms with Gasteiger partial charge in [0.1, 0.15) is 18.4 Å². The van der Waals surface area contributed by atoms with Crippen LogP contribution in [0.3, 0.4) is 0 Å². The Bertz CT molecular complexity index is 822. The number of carboxylic acids is 2. The van der Waals surface area contributed by atoms with Crippen LogP contribution in [0.4, 0.5) is 0 Å². The van der Waals surface area contributed by atoms with Crippen molar-refractivity contribution in [2.75, 3.05) is 6.54 Å². The maximum atomic E-state index is 11.8. The Hall–Kier alpha value is -2.57. The lowest BCUT2D eigenvalue weighted by Crippen LogP contribution is -2.41. The van der Waals surface area contributed by atoms with E-state index < -0.39 is 23.9 Å². The van der Waals surface area contributed by atoms with Gasteiger partial charge in [0.05, 0.1) is 5.92 Å². The monoisotopic (exact) mass is 419 g/mol. The summed E-state index contributed by atoms with van der Waals surface area (Å²) in [5.74, 6) is -2.18. The Balaban J connectivity index is 2.06. The van der Waals surface area contributed by atoms with Crippen LogP contribution < -0.4 is 10.1 Å². The van der Waals surface area contributed by atoms with Gasteiger partial charge in [0.2, 0.25) is 0 Å². The van der Waals surface area contributed by atoms with E-state index in [2.05, 4.69) is 5.32 Å². The van der Waals surface area contributed by atoms with Crippen molar-refractivity contribution >= 4 is 23.5 Å². The highest BCUT2D eigenvalue weighted by atomic mass is 35.5. The minimum Gasteiger partial charge on any atom is -0.489 e. The first-order valence-corrected chi connectivity index (χ1v) is 9.80. The number of carboxylic acid groups (broad SMARTS) is 2. The molecule has 6 nitrogen and oxygen atoms in total. The number of aliphatic carboxylic acids is 2. The van der Waals surface area contributed by atoms with E-state index in [-0.39, 0.29) is 12.5 Å². The number of nitrogens with one attached hydrogen (secondary N) is 1. The summed E-state index contributed by atoms with van der Waals surface area (Å²) in [6, 6.07) is 13.3. The summed E-state index contributed by atoms with van der Waals surface area (Å²) in [5.41, 5.74) is 1.49. The predicted molar refractivity (Wildman–Crippen MR) is 111 cm³/mol. The molecule has 2 aromatic rings. The Labute approximate surface area is 175 Å². The third-order valence-corrected chi connectivity index (χ3v) is 4.70. The maximum Gasteiger partial charge on any atom is 0.320 e. The van der Waals surface area contributed by atoms with E-state index in [0.717, 1.165) is 5.56 Å². The van der Waals surface area contributed by atoms with Crippen molar-refractivity contribution in [1.29, 1.82) is 0 Å². The third-order valence-electron chi connectivity index (χ3n) is 4.45. The lowest BCUT2D eigenvalue weighted by atomic mass is 9.97. The minimum atomic E-state index is -1.03. The highest BCUT2D eigenvalue weighted by Gasteiger charge is 2.25. The fourth-order valence-corrected chi connectivity index (χ4v) is 3.05. The van der Waals surface area contributed by atoms with Crippen molar-refractivity contribution in [2.24, 2.45) is 5.92 Å². The van der Waals surface area contributed by atoms with Crippen molar-refractivity contribution in [3.63, 3.8) is 0 Å². The second kappa shape index (κ2) is 10.8. The summed E-state index contributed by atoms with van der Waals surface area (Å²) in [4.78, 5) is 23.2. The molecule has 0 spiro atoms. The molecule has 0 aliphatic carbocycles. The number of benzene rings is 2. The molecule has 0 saturated heterocycles. The summed E-state index contributed by atoms with van der Waals surface area (Å²) in [6.45, 7) is 4.19. The fraction of sp³-hybridized carbons (Fsp3) is 0.364. The molecule has 156 valence electrons. The van der Waals surface area contributed by atoms with Gasteiger partial charge < -0.3 is 20.3 Å². The van der Waals surface area contributed by atoms with Gasteiger partial charge >= 0.3 is 11.9 Å². The molecule has 0 saturated carbocycles. The largest absolute Gasteiger partial charge is 0.489 e. The van der Waals surface area contributed by atoms with Crippen molar-refractivity contribution in [3.05, 3.63) is 64.7 Å². The molecule has 3 N–H and O–H groups in total. The van der Waals surface area contributed by atoms with Crippen LogP contribution in [0.2, 0.25) is 5.02 Å². The first-order chi connectivity index (χ1) is 13.8. The van der Waals surface area contributed by atoms with Gasteiger partial charge in [-0.25, -0.2) is 0 Å². The predicted octanol–water partition coefficient (Wildman–Crippen LogP) is 4.18. The minimum absolute atomic E-state index is 0.0135. The van der Waals surface area contributed by atoms with Crippen LogP contribution in [-0.2, 0) is 16.2 Å². The first kappa shape index (κ1) is 22.7. The molecule has 0 heterocycles. The molecule has 0 bridgehead atoms. The summed E-state index contributed by atoms with van der Waals surface area (Å²) >= 11 is 5.87. The SMILES string of the molecule is CC(C)CC(NCC(C(=O)O)c1cccc(OCc2ccc(Cl)cc2)c1)C(=O)O. The molecule has 29 heavy (non-hydrogen) atoms. The fourth-order valence-electron chi connectivity index (χ4n) is 2.92. The van der Waals surface area contributed by atoms with Gasteiger partial charge in [0, 0.05) is 11.6 Å². The molecule has 0 radical (unpaired) electrons. The molecular weight excluding hydrogens is 394 g/mol. The first-order valence-electron chi connectivity index (χ1n) is 9.42. The number of hydrogen-bond donors (Lipinski definition) is 3. The molecular formula is C22H26ClNO5.